The van der Waals surface area contributed by atoms with E-state index in [-0.39, 0.29) is 23.8 Å². The lowest BCUT2D eigenvalue weighted by Gasteiger charge is -2.39. The molecular weight excluding hydrogens is 362 g/mol. The zero-order chi connectivity index (χ0) is 20.3. The third-order valence-corrected chi connectivity index (χ3v) is 6.66. The van der Waals surface area contributed by atoms with E-state index in [1.54, 1.807) is 0 Å². The van der Waals surface area contributed by atoms with Crippen molar-refractivity contribution in [2.45, 2.75) is 45.7 Å². The van der Waals surface area contributed by atoms with E-state index >= 15 is 0 Å². The van der Waals surface area contributed by atoms with E-state index in [0.717, 1.165) is 53.9 Å². The van der Waals surface area contributed by atoms with Crippen LogP contribution in [0.25, 0.3) is 0 Å². The van der Waals surface area contributed by atoms with Crippen molar-refractivity contribution in [3.63, 3.8) is 0 Å². The molecule has 5 nitrogen and oxygen atoms in total. The van der Waals surface area contributed by atoms with Gasteiger partial charge in [0.1, 0.15) is 6.04 Å². The Morgan fingerprint density at radius 1 is 0.793 bits per heavy atom. The van der Waals surface area contributed by atoms with Crippen LogP contribution >= 0.6 is 0 Å². The van der Waals surface area contributed by atoms with Crippen LogP contribution in [0.4, 0.5) is 5.69 Å². The highest BCUT2D eigenvalue weighted by molar-refractivity contribution is 6.24. The fraction of sp³-hybridized carbons (Fsp3) is 0.417. The summed E-state index contributed by atoms with van der Waals surface area (Å²) in [6.07, 6.45) is 2.16. The van der Waals surface area contributed by atoms with Crippen molar-refractivity contribution in [1.29, 1.82) is 0 Å². The van der Waals surface area contributed by atoms with Crippen molar-refractivity contribution in [3.05, 3.63) is 64.7 Å². The van der Waals surface area contributed by atoms with Crippen molar-refractivity contribution in [2.24, 2.45) is 5.92 Å². The van der Waals surface area contributed by atoms with Gasteiger partial charge in [-0.25, -0.2) is 14.9 Å². The lowest BCUT2D eigenvalue weighted by molar-refractivity contribution is -0.130. The van der Waals surface area contributed by atoms with Crippen LogP contribution in [0.3, 0.4) is 0 Å². The van der Waals surface area contributed by atoms with E-state index in [1.807, 2.05) is 39.0 Å². The molecule has 5 rings (SSSR count). The van der Waals surface area contributed by atoms with E-state index in [9.17, 15) is 9.59 Å². The van der Waals surface area contributed by atoms with Gasteiger partial charge in [0.25, 0.3) is 5.91 Å². The maximum atomic E-state index is 13.8. The van der Waals surface area contributed by atoms with Crippen LogP contribution in [-0.4, -0.2) is 41.0 Å². The number of aryl methyl sites for hydroxylation is 3. The van der Waals surface area contributed by atoms with Crippen LogP contribution < -0.4 is 4.90 Å². The number of hydrazine groups is 1. The molecule has 0 spiro atoms. The molecule has 3 saturated heterocycles. The van der Waals surface area contributed by atoms with E-state index in [4.69, 9.17) is 0 Å². The summed E-state index contributed by atoms with van der Waals surface area (Å²) < 4.78 is 0. The standard InChI is InChI=1S/C24H27N3O2/c1-15-13-16(2)20(17(3)14-15)27-23(28)19-21(18-9-5-4-6-10-18)25-11-7-8-12-26(25)22(19)24(27)29/h4-6,9-10,13-14,19,21-22H,7-8,11-12H2,1-3H3/t19-,21-,22+/m0/s1. The Bertz CT molecular complexity index is 964. The third-order valence-electron chi connectivity index (χ3n) is 6.66. The number of hydrogen-bond donors (Lipinski definition) is 0. The first-order valence-electron chi connectivity index (χ1n) is 10.5. The van der Waals surface area contributed by atoms with E-state index in [2.05, 4.69) is 34.3 Å². The van der Waals surface area contributed by atoms with Gasteiger partial charge in [-0.2, -0.15) is 0 Å². The minimum absolute atomic E-state index is 0.0571. The van der Waals surface area contributed by atoms with Gasteiger partial charge in [-0.15, -0.1) is 0 Å². The Kier molecular flexibility index (Phi) is 4.33. The first-order valence-corrected chi connectivity index (χ1v) is 10.5. The summed E-state index contributed by atoms with van der Waals surface area (Å²) in [7, 11) is 0. The quantitative estimate of drug-likeness (QED) is 0.737. The van der Waals surface area contributed by atoms with Crippen molar-refractivity contribution in [2.75, 3.05) is 18.0 Å². The highest BCUT2D eigenvalue weighted by Crippen LogP contribution is 2.49. The van der Waals surface area contributed by atoms with Gasteiger partial charge in [0.15, 0.2) is 0 Å². The molecule has 2 aromatic rings. The SMILES string of the molecule is Cc1cc(C)c(N2C(=O)[C@@H]3[C@H](C2=O)N2CCCCN2[C@H]3c2ccccc2)c(C)c1. The minimum atomic E-state index is -0.395. The zero-order valence-corrected chi connectivity index (χ0v) is 17.3. The molecule has 29 heavy (non-hydrogen) atoms. The molecule has 3 aliphatic heterocycles. The summed E-state index contributed by atoms with van der Waals surface area (Å²) in [4.78, 5) is 28.9. The van der Waals surface area contributed by atoms with Crippen LogP contribution in [0.15, 0.2) is 42.5 Å². The van der Waals surface area contributed by atoms with Crippen molar-refractivity contribution in [1.82, 2.24) is 10.0 Å². The number of carbonyl (C=O) groups excluding carboxylic acids is 2. The van der Waals surface area contributed by atoms with Gasteiger partial charge in [0.05, 0.1) is 17.6 Å². The van der Waals surface area contributed by atoms with Crippen molar-refractivity contribution >= 4 is 17.5 Å². The molecule has 0 unspecified atom stereocenters. The Hall–Kier alpha value is -2.50. The normalized spacial score (nSPS) is 27.4. The van der Waals surface area contributed by atoms with Gasteiger partial charge >= 0.3 is 0 Å². The number of carbonyl (C=O) groups is 2. The number of rotatable bonds is 2. The number of fused-ring (bicyclic) bond motifs is 3. The van der Waals surface area contributed by atoms with Crippen molar-refractivity contribution in [3.8, 4) is 0 Å². The highest BCUT2D eigenvalue weighted by Gasteiger charge is 2.62. The fourth-order valence-electron chi connectivity index (χ4n) is 5.66. The largest absolute Gasteiger partial charge is 0.274 e. The summed E-state index contributed by atoms with van der Waals surface area (Å²) >= 11 is 0. The second-order valence-corrected chi connectivity index (χ2v) is 8.62. The van der Waals surface area contributed by atoms with Gasteiger partial charge in [0.2, 0.25) is 5.91 Å². The van der Waals surface area contributed by atoms with E-state index in [0.29, 0.717) is 0 Å². The number of amides is 2. The molecule has 3 heterocycles. The monoisotopic (exact) mass is 389 g/mol. The van der Waals surface area contributed by atoms with Gasteiger partial charge in [0, 0.05) is 13.1 Å². The predicted octanol–water partition coefficient (Wildman–Crippen LogP) is 3.54. The maximum Gasteiger partial charge on any atom is 0.253 e. The molecule has 3 aliphatic rings. The highest BCUT2D eigenvalue weighted by atomic mass is 16.2. The zero-order valence-electron chi connectivity index (χ0n) is 17.3. The van der Waals surface area contributed by atoms with Crippen molar-refractivity contribution < 1.29 is 9.59 Å². The van der Waals surface area contributed by atoms with Crippen LogP contribution in [0.2, 0.25) is 0 Å². The Morgan fingerprint density at radius 3 is 2.00 bits per heavy atom. The summed E-state index contributed by atoms with van der Waals surface area (Å²) in [5.74, 6) is -0.484. The Morgan fingerprint density at radius 2 is 1.38 bits per heavy atom. The number of anilines is 1. The van der Waals surface area contributed by atoms with Crippen LogP contribution in [0.5, 0.6) is 0 Å². The molecule has 0 radical (unpaired) electrons. The van der Waals surface area contributed by atoms with Gasteiger partial charge in [-0.1, -0.05) is 48.0 Å². The average molecular weight is 389 g/mol. The van der Waals surface area contributed by atoms with Crippen LogP contribution in [-0.2, 0) is 9.59 Å². The lowest BCUT2D eigenvalue weighted by atomic mass is 9.90. The number of imide groups is 1. The molecule has 3 atom stereocenters. The predicted molar refractivity (Wildman–Crippen MR) is 112 cm³/mol. The lowest BCUT2D eigenvalue weighted by Crippen LogP contribution is -2.50. The van der Waals surface area contributed by atoms with Crippen LogP contribution in [0, 0.1) is 26.7 Å². The molecule has 2 amide bonds. The number of hydrogen-bond acceptors (Lipinski definition) is 4. The molecule has 2 aromatic carbocycles. The molecule has 5 heteroatoms. The summed E-state index contributed by atoms with van der Waals surface area (Å²) in [6.45, 7) is 7.76. The summed E-state index contributed by atoms with van der Waals surface area (Å²) in [5, 5.41) is 4.47. The number of benzene rings is 2. The molecular formula is C24H27N3O2. The molecule has 0 saturated carbocycles. The first-order chi connectivity index (χ1) is 14.0. The molecule has 3 fully saturated rings. The topological polar surface area (TPSA) is 43.9 Å². The van der Waals surface area contributed by atoms with Gasteiger partial charge in [-0.05, 0) is 50.3 Å². The Balaban J connectivity index is 1.62. The van der Waals surface area contributed by atoms with E-state index in [1.165, 1.54) is 4.90 Å². The van der Waals surface area contributed by atoms with Gasteiger partial charge < -0.3 is 0 Å². The van der Waals surface area contributed by atoms with Gasteiger partial charge in [-0.3, -0.25) is 9.59 Å². The molecule has 150 valence electrons. The second kappa shape index (κ2) is 6.78. The maximum absolute atomic E-state index is 13.8. The van der Waals surface area contributed by atoms with Crippen LogP contribution in [0.1, 0.15) is 41.1 Å². The van der Waals surface area contributed by atoms with E-state index < -0.39 is 6.04 Å². The molecule has 0 N–H and O–H groups in total. The Labute approximate surface area is 171 Å². The first kappa shape index (κ1) is 18.5. The number of nitrogens with zero attached hydrogens (tertiary/aromatic N) is 3. The minimum Gasteiger partial charge on any atom is -0.274 e. The average Bonchev–Trinajstić information content (AvgIpc) is 3.16. The summed E-state index contributed by atoms with van der Waals surface area (Å²) in [5.41, 5.74) is 5.00. The molecule has 0 bridgehead atoms. The molecule has 0 aliphatic carbocycles. The molecule has 0 aromatic heterocycles. The summed E-state index contributed by atoms with van der Waals surface area (Å²) in [6, 6.07) is 13.8. The smallest absolute Gasteiger partial charge is 0.253 e. The second-order valence-electron chi connectivity index (χ2n) is 8.62. The fourth-order valence-corrected chi connectivity index (χ4v) is 5.66. The third kappa shape index (κ3) is 2.68.